The maximum absolute atomic E-state index is 14.4. The lowest BCUT2D eigenvalue weighted by molar-refractivity contribution is -0.0368. The zero-order chi connectivity index (χ0) is 31.2. The molecule has 2 fully saturated rings. The molecular formula is C34H43N5O4S. The number of fused-ring (bicyclic) bond motifs is 4. The van der Waals surface area contributed by atoms with Crippen molar-refractivity contribution in [2.24, 2.45) is 11.3 Å². The Balaban J connectivity index is 1.48. The molecule has 0 unspecified atom stereocenters. The molecule has 10 heteroatoms. The fourth-order valence-corrected chi connectivity index (χ4v) is 8.34. The van der Waals surface area contributed by atoms with Crippen LogP contribution in [0.15, 0.2) is 47.4 Å². The third-order valence-electron chi connectivity index (χ3n) is 9.61. The van der Waals surface area contributed by atoms with E-state index in [4.69, 9.17) is 9.72 Å². The van der Waals surface area contributed by atoms with E-state index in [-0.39, 0.29) is 40.9 Å². The Morgan fingerprint density at radius 1 is 1.02 bits per heavy atom. The number of anilines is 1. The molecule has 44 heavy (non-hydrogen) atoms. The largest absolute Gasteiger partial charge is 0.475 e. The van der Waals surface area contributed by atoms with Crippen LogP contribution in [0.25, 0.3) is 11.3 Å². The van der Waals surface area contributed by atoms with E-state index in [9.17, 15) is 13.2 Å². The van der Waals surface area contributed by atoms with Gasteiger partial charge < -0.3 is 15.0 Å². The van der Waals surface area contributed by atoms with Gasteiger partial charge in [-0.25, -0.2) is 18.1 Å². The number of hydrogen-bond acceptors (Lipinski definition) is 7. The smallest absolute Gasteiger partial charge is 0.264 e. The Labute approximate surface area is 260 Å². The predicted octanol–water partition coefficient (Wildman–Crippen LogP) is 5.65. The third-order valence-corrected chi connectivity index (χ3v) is 10.9. The lowest BCUT2D eigenvalue weighted by Crippen LogP contribution is -2.59. The Kier molecular flexibility index (Phi) is 8.17. The van der Waals surface area contributed by atoms with Crippen LogP contribution < -0.4 is 14.8 Å². The fraction of sp³-hybridized carbons (Fsp3) is 0.500. The standard InChI is InChI=1S/C34H43N5O4S/c1-21(2)16-26-20-43-31-24(5)30(29-22(3)8-6-9-23(29)4)36-33(37-31)38-44(41,42)28-11-7-10-25(17-28)32(40)39(26)27-18-34(19-27)12-14-35-15-13-34/h6-11,17,21,26-27,35H,12-16,18-20H2,1-5H3,(H,36,37,38)/t26-/m1/s1. The molecule has 4 bridgehead atoms. The molecule has 3 heterocycles. The summed E-state index contributed by atoms with van der Waals surface area (Å²) in [6.07, 6.45) is 4.86. The van der Waals surface area contributed by atoms with Gasteiger partial charge in [0, 0.05) is 22.7 Å². The van der Waals surface area contributed by atoms with Crippen molar-refractivity contribution in [2.45, 2.75) is 83.7 Å². The van der Waals surface area contributed by atoms with Gasteiger partial charge in [0.05, 0.1) is 16.6 Å². The molecule has 234 valence electrons. The molecule has 3 aromatic rings. The van der Waals surface area contributed by atoms with Crippen molar-refractivity contribution in [2.75, 3.05) is 24.4 Å². The van der Waals surface area contributed by atoms with Crippen LogP contribution in [-0.2, 0) is 10.0 Å². The number of piperidine rings is 1. The number of benzene rings is 2. The van der Waals surface area contributed by atoms with Crippen LogP contribution in [0.4, 0.5) is 5.95 Å². The monoisotopic (exact) mass is 617 g/mol. The van der Waals surface area contributed by atoms with Crippen LogP contribution in [0.2, 0.25) is 0 Å². The molecule has 2 aliphatic heterocycles. The quantitative estimate of drug-likeness (QED) is 0.389. The van der Waals surface area contributed by atoms with Gasteiger partial charge in [-0.1, -0.05) is 38.1 Å². The molecule has 1 aromatic heterocycles. The first-order valence-electron chi connectivity index (χ1n) is 15.7. The summed E-state index contributed by atoms with van der Waals surface area (Å²) in [7, 11) is -4.11. The minimum absolute atomic E-state index is 0.00773. The number of ether oxygens (including phenoxy) is 1. The highest BCUT2D eigenvalue weighted by Gasteiger charge is 2.49. The number of sulfonamides is 1. The van der Waals surface area contributed by atoms with Crippen molar-refractivity contribution in [1.29, 1.82) is 0 Å². The molecule has 3 aliphatic rings. The minimum atomic E-state index is -4.11. The second-order valence-corrected chi connectivity index (χ2v) is 15.0. The number of carbonyl (C=O) groups excluding carboxylic acids is 1. The van der Waals surface area contributed by atoms with Gasteiger partial charge in [0.25, 0.3) is 15.9 Å². The first-order chi connectivity index (χ1) is 21.0. The number of rotatable bonds is 4. The maximum Gasteiger partial charge on any atom is 0.264 e. The van der Waals surface area contributed by atoms with E-state index in [0.717, 1.165) is 67.4 Å². The number of aromatic nitrogens is 2. The van der Waals surface area contributed by atoms with Crippen molar-refractivity contribution < 1.29 is 17.9 Å². The first kappa shape index (κ1) is 30.5. The molecule has 2 N–H and O–H groups in total. The number of aryl methyl sites for hydroxylation is 2. The Hall–Kier alpha value is -3.50. The molecule has 1 atom stereocenters. The van der Waals surface area contributed by atoms with Crippen LogP contribution in [0.3, 0.4) is 0 Å². The number of nitrogens with one attached hydrogen (secondary N) is 2. The summed E-state index contributed by atoms with van der Waals surface area (Å²) < 4.78 is 36.4. The summed E-state index contributed by atoms with van der Waals surface area (Å²) in [5.74, 6) is 0.396. The summed E-state index contributed by atoms with van der Waals surface area (Å²) in [6.45, 7) is 12.5. The molecular weight excluding hydrogens is 574 g/mol. The molecule has 1 saturated carbocycles. The number of carbonyl (C=O) groups is 1. The molecule has 1 spiro atoms. The maximum atomic E-state index is 14.4. The van der Waals surface area contributed by atoms with Crippen LogP contribution in [0.1, 0.15) is 73.0 Å². The molecule has 1 amide bonds. The number of nitrogens with zero attached hydrogens (tertiary/aromatic N) is 3. The summed E-state index contributed by atoms with van der Waals surface area (Å²) in [5.41, 5.74) is 4.90. The molecule has 6 rings (SSSR count). The van der Waals surface area contributed by atoms with Crippen molar-refractivity contribution in [3.05, 3.63) is 64.7 Å². The molecule has 0 radical (unpaired) electrons. The van der Waals surface area contributed by atoms with Crippen LogP contribution in [0, 0.1) is 32.1 Å². The highest BCUT2D eigenvalue weighted by Crippen LogP contribution is 2.51. The van der Waals surface area contributed by atoms with E-state index >= 15 is 0 Å². The van der Waals surface area contributed by atoms with Gasteiger partial charge in [-0.3, -0.25) is 4.79 Å². The van der Waals surface area contributed by atoms with E-state index in [1.54, 1.807) is 12.1 Å². The molecule has 9 nitrogen and oxygen atoms in total. The van der Waals surface area contributed by atoms with Crippen LogP contribution in [0.5, 0.6) is 5.88 Å². The summed E-state index contributed by atoms with van der Waals surface area (Å²) in [6, 6.07) is 12.2. The highest BCUT2D eigenvalue weighted by atomic mass is 32.2. The van der Waals surface area contributed by atoms with E-state index < -0.39 is 10.0 Å². The Bertz CT molecular complexity index is 1650. The molecule has 1 aliphatic carbocycles. The zero-order valence-corrected chi connectivity index (χ0v) is 27.1. The van der Waals surface area contributed by atoms with Crippen molar-refractivity contribution >= 4 is 21.9 Å². The van der Waals surface area contributed by atoms with E-state index in [1.807, 2.05) is 43.9 Å². The van der Waals surface area contributed by atoms with Gasteiger partial charge in [-0.2, -0.15) is 4.98 Å². The van der Waals surface area contributed by atoms with Crippen LogP contribution >= 0.6 is 0 Å². The number of amides is 1. The second kappa shape index (κ2) is 11.8. The fourth-order valence-electron chi connectivity index (χ4n) is 7.35. The van der Waals surface area contributed by atoms with Crippen molar-refractivity contribution in [1.82, 2.24) is 20.2 Å². The molecule has 2 aromatic carbocycles. The normalized spacial score (nSPS) is 21.5. The molecule has 1 saturated heterocycles. The SMILES string of the molecule is Cc1cccc(C)c1-c1nc2nc(c1C)OC[C@@H](CC(C)C)N(C1CC3(CCNCC3)C1)C(=O)c1cccc(c1)S(=O)(=O)N2. The number of hydrogen-bond donors (Lipinski definition) is 2. The third kappa shape index (κ3) is 5.81. The topological polar surface area (TPSA) is 114 Å². The van der Waals surface area contributed by atoms with Crippen molar-refractivity contribution in [3.8, 4) is 17.1 Å². The van der Waals surface area contributed by atoms with E-state index in [0.29, 0.717) is 23.1 Å². The van der Waals surface area contributed by atoms with Gasteiger partial charge in [-0.05, 0) is 107 Å². The lowest BCUT2D eigenvalue weighted by Gasteiger charge is -2.55. The minimum Gasteiger partial charge on any atom is -0.475 e. The summed E-state index contributed by atoms with van der Waals surface area (Å²) in [4.78, 5) is 25.7. The average molecular weight is 618 g/mol. The van der Waals surface area contributed by atoms with Gasteiger partial charge in [-0.15, -0.1) is 0 Å². The van der Waals surface area contributed by atoms with Gasteiger partial charge in [0.1, 0.15) is 6.61 Å². The summed E-state index contributed by atoms with van der Waals surface area (Å²) >= 11 is 0. The van der Waals surface area contributed by atoms with Crippen LogP contribution in [-0.4, -0.2) is 61.0 Å². The van der Waals surface area contributed by atoms with E-state index in [1.165, 1.54) is 12.1 Å². The van der Waals surface area contributed by atoms with Gasteiger partial charge in [0.15, 0.2) is 0 Å². The lowest BCUT2D eigenvalue weighted by atomic mass is 9.60. The zero-order valence-electron chi connectivity index (χ0n) is 26.3. The van der Waals surface area contributed by atoms with E-state index in [2.05, 4.69) is 28.9 Å². The van der Waals surface area contributed by atoms with Gasteiger partial charge in [0.2, 0.25) is 11.8 Å². The van der Waals surface area contributed by atoms with Crippen molar-refractivity contribution in [3.63, 3.8) is 0 Å². The Morgan fingerprint density at radius 3 is 2.39 bits per heavy atom. The predicted molar refractivity (Wildman–Crippen MR) is 171 cm³/mol. The highest BCUT2D eigenvalue weighted by molar-refractivity contribution is 7.92. The summed E-state index contributed by atoms with van der Waals surface area (Å²) in [5, 5.41) is 3.47. The first-order valence-corrected chi connectivity index (χ1v) is 17.2. The average Bonchev–Trinajstić information content (AvgIpc) is 2.96. The second-order valence-electron chi connectivity index (χ2n) is 13.3. The van der Waals surface area contributed by atoms with Gasteiger partial charge >= 0.3 is 0 Å². The Morgan fingerprint density at radius 2 is 1.70 bits per heavy atom.